The Hall–Kier alpha value is -1.41. The number of carbonyl (C=O) groups is 1. The lowest BCUT2D eigenvalue weighted by molar-refractivity contribution is -0.115. The number of hydrogen-bond donors (Lipinski definition) is 1. The Morgan fingerprint density at radius 3 is 3.35 bits per heavy atom. The Morgan fingerprint density at radius 1 is 1.59 bits per heavy atom. The molecule has 0 saturated carbocycles. The summed E-state index contributed by atoms with van der Waals surface area (Å²) in [5.41, 5.74) is 2.60. The number of thioether (sulfide) groups is 1. The third-order valence-electron chi connectivity index (χ3n) is 2.40. The molecule has 0 atom stereocenters. The van der Waals surface area contributed by atoms with Crippen LogP contribution in [0.3, 0.4) is 0 Å². The number of nitrogens with one attached hydrogen (secondary N) is 1. The van der Waals surface area contributed by atoms with Crippen LogP contribution >= 0.6 is 23.1 Å². The number of amidine groups is 1. The quantitative estimate of drug-likeness (QED) is 0.889. The van der Waals surface area contributed by atoms with Crippen molar-refractivity contribution in [2.24, 2.45) is 4.99 Å². The van der Waals surface area contributed by atoms with Crippen molar-refractivity contribution < 1.29 is 4.79 Å². The van der Waals surface area contributed by atoms with Crippen LogP contribution < -0.4 is 5.32 Å². The topological polar surface area (TPSA) is 70.5 Å². The molecular formula is C9H9N5OS2. The van der Waals surface area contributed by atoms with Gasteiger partial charge in [0.1, 0.15) is 5.51 Å². The number of rotatable bonds is 3. The Morgan fingerprint density at radius 2 is 2.53 bits per heavy atom. The maximum Gasteiger partial charge on any atom is 0.232 e. The number of anilines is 1. The van der Waals surface area contributed by atoms with Gasteiger partial charge in [-0.2, -0.15) is 0 Å². The van der Waals surface area contributed by atoms with Crippen molar-refractivity contribution in [1.82, 2.24) is 15.1 Å². The number of aromatic nitrogens is 2. The molecule has 0 spiro atoms. The molecule has 1 aromatic heterocycles. The monoisotopic (exact) mass is 267 g/mol. The smallest absolute Gasteiger partial charge is 0.232 e. The van der Waals surface area contributed by atoms with Gasteiger partial charge in [0.05, 0.1) is 13.0 Å². The van der Waals surface area contributed by atoms with Crippen LogP contribution in [0.5, 0.6) is 0 Å². The Labute approximate surface area is 106 Å². The van der Waals surface area contributed by atoms with E-state index in [0.717, 1.165) is 24.0 Å². The summed E-state index contributed by atoms with van der Waals surface area (Å²) in [5, 5.41) is 13.7. The predicted octanol–water partition coefficient (Wildman–Crippen LogP) is 1.13. The number of amides is 1. The van der Waals surface area contributed by atoms with Crippen molar-refractivity contribution in [3.63, 3.8) is 0 Å². The SMILES string of the molecule is O=C(CC1=CSC2=NCCN12)Nc1nncs1. The van der Waals surface area contributed by atoms with Crippen LogP contribution in [0.2, 0.25) is 0 Å². The van der Waals surface area contributed by atoms with Gasteiger partial charge in [0, 0.05) is 12.2 Å². The summed E-state index contributed by atoms with van der Waals surface area (Å²) in [5.74, 6) is -0.0678. The highest BCUT2D eigenvalue weighted by atomic mass is 32.2. The van der Waals surface area contributed by atoms with Gasteiger partial charge in [0.25, 0.3) is 0 Å². The third kappa shape index (κ3) is 2.18. The van der Waals surface area contributed by atoms with Gasteiger partial charge in [-0.25, -0.2) is 0 Å². The van der Waals surface area contributed by atoms with Crippen LogP contribution in [-0.2, 0) is 4.79 Å². The van der Waals surface area contributed by atoms with Crippen LogP contribution in [0.25, 0.3) is 0 Å². The van der Waals surface area contributed by atoms with Crippen molar-refractivity contribution in [3.05, 3.63) is 16.6 Å². The Kier molecular flexibility index (Phi) is 2.81. The lowest BCUT2D eigenvalue weighted by Gasteiger charge is -2.15. The van der Waals surface area contributed by atoms with Gasteiger partial charge in [0.15, 0.2) is 5.17 Å². The molecule has 0 bridgehead atoms. The summed E-state index contributed by atoms with van der Waals surface area (Å²) >= 11 is 2.89. The molecule has 0 radical (unpaired) electrons. The highest BCUT2D eigenvalue weighted by Crippen LogP contribution is 2.30. The van der Waals surface area contributed by atoms with E-state index in [1.165, 1.54) is 11.3 Å². The Bertz CT molecular complexity index is 495. The second-order valence-electron chi connectivity index (χ2n) is 3.51. The molecule has 88 valence electrons. The van der Waals surface area contributed by atoms with E-state index < -0.39 is 0 Å². The molecule has 0 aromatic carbocycles. The maximum atomic E-state index is 11.8. The first-order valence-electron chi connectivity index (χ1n) is 5.06. The van der Waals surface area contributed by atoms with Crippen molar-refractivity contribution >= 4 is 39.3 Å². The molecule has 2 aliphatic rings. The van der Waals surface area contributed by atoms with Crippen LogP contribution in [-0.4, -0.2) is 39.3 Å². The average molecular weight is 267 g/mol. The zero-order valence-electron chi connectivity index (χ0n) is 8.79. The minimum absolute atomic E-state index is 0.0678. The lowest BCUT2D eigenvalue weighted by atomic mass is 10.3. The fourth-order valence-electron chi connectivity index (χ4n) is 1.67. The zero-order valence-corrected chi connectivity index (χ0v) is 10.4. The van der Waals surface area contributed by atoms with E-state index in [4.69, 9.17) is 0 Å². The van der Waals surface area contributed by atoms with Gasteiger partial charge in [-0.15, -0.1) is 10.2 Å². The van der Waals surface area contributed by atoms with Gasteiger partial charge >= 0.3 is 0 Å². The highest BCUT2D eigenvalue weighted by molar-refractivity contribution is 8.16. The first-order valence-corrected chi connectivity index (χ1v) is 6.82. The van der Waals surface area contributed by atoms with Crippen LogP contribution in [0.1, 0.15) is 6.42 Å². The molecular weight excluding hydrogens is 258 g/mol. The van der Waals surface area contributed by atoms with E-state index in [1.807, 2.05) is 5.41 Å². The molecule has 8 heteroatoms. The fraction of sp³-hybridized carbons (Fsp3) is 0.333. The number of aliphatic imine (C=N–C) groups is 1. The minimum atomic E-state index is -0.0678. The van der Waals surface area contributed by atoms with Crippen molar-refractivity contribution in [1.29, 1.82) is 0 Å². The molecule has 0 aliphatic carbocycles. The standard InChI is InChI=1S/C9H9N5OS2/c15-7(12-8-13-11-5-17-8)3-6-4-16-9-10-1-2-14(6)9/h4-5H,1-3H2,(H,12,13,15). The molecule has 1 N–H and O–H groups in total. The first-order chi connectivity index (χ1) is 8.33. The second kappa shape index (κ2) is 4.46. The maximum absolute atomic E-state index is 11.8. The fourth-order valence-corrected chi connectivity index (χ4v) is 3.09. The van der Waals surface area contributed by atoms with Crippen molar-refractivity contribution in [2.75, 3.05) is 18.4 Å². The van der Waals surface area contributed by atoms with E-state index in [-0.39, 0.29) is 5.91 Å². The molecule has 0 unspecified atom stereocenters. The highest BCUT2D eigenvalue weighted by Gasteiger charge is 2.27. The van der Waals surface area contributed by atoms with Gasteiger partial charge in [-0.1, -0.05) is 23.1 Å². The van der Waals surface area contributed by atoms with Crippen molar-refractivity contribution in [3.8, 4) is 0 Å². The van der Waals surface area contributed by atoms with E-state index in [2.05, 4.69) is 25.4 Å². The second-order valence-corrected chi connectivity index (χ2v) is 5.18. The lowest BCUT2D eigenvalue weighted by Crippen LogP contribution is -2.24. The molecule has 1 aromatic rings. The van der Waals surface area contributed by atoms with Gasteiger partial charge in [-0.3, -0.25) is 9.79 Å². The van der Waals surface area contributed by atoms with E-state index in [9.17, 15) is 4.79 Å². The Balaban J connectivity index is 1.60. The normalized spacial score (nSPS) is 17.8. The van der Waals surface area contributed by atoms with Gasteiger partial charge in [0.2, 0.25) is 11.0 Å². The molecule has 0 fully saturated rings. The van der Waals surface area contributed by atoms with Crippen LogP contribution in [0, 0.1) is 0 Å². The van der Waals surface area contributed by atoms with E-state index in [1.54, 1.807) is 17.3 Å². The summed E-state index contributed by atoms with van der Waals surface area (Å²) in [7, 11) is 0. The molecule has 1 amide bonds. The van der Waals surface area contributed by atoms with Gasteiger partial charge in [-0.05, 0) is 5.41 Å². The van der Waals surface area contributed by atoms with Gasteiger partial charge < -0.3 is 10.2 Å². The number of nitrogens with zero attached hydrogens (tertiary/aromatic N) is 4. The van der Waals surface area contributed by atoms with Crippen LogP contribution in [0.15, 0.2) is 21.6 Å². The number of fused-ring (bicyclic) bond motifs is 1. The molecule has 6 nitrogen and oxygen atoms in total. The zero-order chi connectivity index (χ0) is 11.7. The van der Waals surface area contributed by atoms with Crippen LogP contribution in [0.4, 0.5) is 5.13 Å². The first kappa shape index (κ1) is 10.7. The summed E-state index contributed by atoms with van der Waals surface area (Å²) in [6.45, 7) is 1.69. The molecule has 2 aliphatic heterocycles. The van der Waals surface area contributed by atoms with E-state index in [0.29, 0.717) is 11.6 Å². The number of carbonyl (C=O) groups excluding carboxylic acids is 1. The molecule has 3 rings (SSSR count). The summed E-state index contributed by atoms with van der Waals surface area (Å²) in [6, 6.07) is 0. The minimum Gasteiger partial charge on any atom is -0.322 e. The van der Waals surface area contributed by atoms with E-state index >= 15 is 0 Å². The summed E-state index contributed by atoms with van der Waals surface area (Å²) in [6.07, 6.45) is 0.353. The number of hydrogen-bond acceptors (Lipinski definition) is 7. The molecule has 3 heterocycles. The van der Waals surface area contributed by atoms with Crippen molar-refractivity contribution in [2.45, 2.75) is 6.42 Å². The third-order valence-corrected chi connectivity index (χ3v) is 3.95. The summed E-state index contributed by atoms with van der Waals surface area (Å²) < 4.78 is 0. The predicted molar refractivity (Wildman–Crippen MR) is 67.8 cm³/mol. The summed E-state index contributed by atoms with van der Waals surface area (Å²) in [4.78, 5) is 18.2. The molecule has 17 heavy (non-hydrogen) atoms. The molecule has 0 saturated heterocycles. The largest absolute Gasteiger partial charge is 0.322 e. The average Bonchev–Trinajstić information content (AvgIpc) is 2.97.